The molecule has 1 N–H and O–H groups in total. The van der Waals surface area contributed by atoms with Crippen molar-refractivity contribution in [3.63, 3.8) is 0 Å². The Bertz CT molecular complexity index is 537. The summed E-state index contributed by atoms with van der Waals surface area (Å²) in [5.74, 6) is -0.0535. The fraction of sp³-hybridized carbons (Fsp3) is 0.500. The maximum atomic E-state index is 12.4. The van der Waals surface area contributed by atoms with E-state index in [1.54, 1.807) is 18.2 Å². The highest BCUT2D eigenvalue weighted by atomic mass is 16.2. The molecule has 1 aromatic carbocycles. The number of nitriles is 1. The van der Waals surface area contributed by atoms with Crippen LogP contribution in [-0.4, -0.2) is 55.0 Å². The molecule has 5 heteroatoms. The van der Waals surface area contributed by atoms with Crippen LogP contribution < -0.4 is 5.32 Å². The van der Waals surface area contributed by atoms with Crippen molar-refractivity contribution >= 4 is 11.6 Å². The molecular formula is C16H22N4O. The van der Waals surface area contributed by atoms with E-state index in [-0.39, 0.29) is 11.9 Å². The molecule has 1 aromatic rings. The molecule has 0 spiro atoms. The molecule has 1 aliphatic heterocycles. The number of anilines is 1. The maximum absolute atomic E-state index is 12.4. The monoisotopic (exact) mass is 286 g/mol. The summed E-state index contributed by atoms with van der Waals surface area (Å²) < 4.78 is 0. The van der Waals surface area contributed by atoms with Crippen molar-refractivity contribution in [2.75, 3.05) is 38.5 Å². The molecule has 1 heterocycles. The number of carbonyl (C=O) groups excluding carboxylic acids is 1. The molecule has 0 aliphatic carbocycles. The van der Waals surface area contributed by atoms with Crippen LogP contribution in [0.5, 0.6) is 0 Å². The van der Waals surface area contributed by atoms with E-state index in [1.165, 1.54) is 0 Å². The van der Waals surface area contributed by atoms with Gasteiger partial charge in [-0.05, 0) is 39.1 Å². The standard InChI is InChI=1S/C16H22N4O/c1-13(20-9-5-8-19(2)10-11-20)16(21)18-15-7-4-3-6-14(15)12-17/h3-4,6-7,13H,5,8-11H2,1-2H3,(H,18,21)/t13-/m1/s1. The lowest BCUT2D eigenvalue weighted by atomic mass is 10.1. The van der Waals surface area contributed by atoms with Crippen LogP contribution in [0.4, 0.5) is 5.69 Å². The van der Waals surface area contributed by atoms with Gasteiger partial charge in [0.2, 0.25) is 5.91 Å². The number of hydrogen-bond acceptors (Lipinski definition) is 4. The highest BCUT2D eigenvalue weighted by molar-refractivity contribution is 5.95. The third-order valence-electron chi connectivity index (χ3n) is 3.99. The zero-order valence-corrected chi connectivity index (χ0v) is 12.7. The van der Waals surface area contributed by atoms with Gasteiger partial charge < -0.3 is 10.2 Å². The quantitative estimate of drug-likeness (QED) is 0.915. The van der Waals surface area contributed by atoms with Gasteiger partial charge in [0, 0.05) is 19.6 Å². The molecule has 1 fully saturated rings. The molecule has 0 aromatic heterocycles. The van der Waals surface area contributed by atoms with Gasteiger partial charge >= 0.3 is 0 Å². The average molecular weight is 286 g/mol. The first-order chi connectivity index (χ1) is 10.1. The molecule has 112 valence electrons. The highest BCUT2D eigenvalue weighted by Gasteiger charge is 2.23. The predicted molar refractivity (Wildman–Crippen MR) is 82.9 cm³/mol. The highest BCUT2D eigenvalue weighted by Crippen LogP contribution is 2.15. The zero-order valence-electron chi connectivity index (χ0n) is 12.7. The van der Waals surface area contributed by atoms with Crippen molar-refractivity contribution in [3.8, 4) is 6.07 Å². The maximum Gasteiger partial charge on any atom is 0.241 e. The summed E-state index contributed by atoms with van der Waals surface area (Å²) in [7, 11) is 2.11. The zero-order chi connectivity index (χ0) is 15.2. The average Bonchev–Trinajstić information content (AvgIpc) is 2.71. The molecule has 1 aliphatic rings. The minimum atomic E-state index is -0.191. The molecule has 0 bridgehead atoms. The van der Waals surface area contributed by atoms with Crippen molar-refractivity contribution in [2.45, 2.75) is 19.4 Å². The number of likely N-dealkylation sites (N-methyl/N-ethyl adjacent to an activating group) is 1. The van der Waals surface area contributed by atoms with Gasteiger partial charge in [0.15, 0.2) is 0 Å². The lowest BCUT2D eigenvalue weighted by Crippen LogP contribution is -2.43. The Morgan fingerprint density at radius 1 is 1.29 bits per heavy atom. The molecule has 5 nitrogen and oxygen atoms in total. The van der Waals surface area contributed by atoms with Crippen molar-refractivity contribution in [2.24, 2.45) is 0 Å². The number of benzene rings is 1. The van der Waals surface area contributed by atoms with E-state index in [9.17, 15) is 4.79 Å². The largest absolute Gasteiger partial charge is 0.324 e. The Labute approximate surface area is 126 Å². The molecule has 0 saturated carbocycles. The third kappa shape index (κ3) is 4.03. The number of carbonyl (C=O) groups is 1. The van der Waals surface area contributed by atoms with Gasteiger partial charge in [-0.3, -0.25) is 9.69 Å². The molecule has 1 saturated heterocycles. The van der Waals surface area contributed by atoms with Gasteiger partial charge in [0.25, 0.3) is 0 Å². The van der Waals surface area contributed by atoms with Crippen LogP contribution in [0.15, 0.2) is 24.3 Å². The van der Waals surface area contributed by atoms with E-state index in [4.69, 9.17) is 5.26 Å². The van der Waals surface area contributed by atoms with E-state index < -0.39 is 0 Å². The Morgan fingerprint density at radius 2 is 2.05 bits per heavy atom. The van der Waals surface area contributed by atoms with Crippen LogP contribution in [-0.2, 0) is 4.79 Å². The van der Waals surface area contributed by atoms with E-state index in [2.05, 4.69) is 28.2 Å². The van der Waals surface area contributed by atoms with E-state index in [1.807, 2.05) is 13.0 Å². The third-order valence-corrected chi connectivity index (χ3v) is 3.99. The Morgan fingerprint density at radius 3 is 2.81 bits per heavy atom. The lowest BCUT2D eigenvalue weighted by Gasteiger charge is -2.26. The Hall–Kier alpha value is -1.90. The predicted octanol–water partition coefficient (Wildman–Crippen LogP) is 1.52. The van der Waals surface area contributed by atoms with Crippen LogP contribution in [0.3, 0.4) is 0 Å². The first kappa shape index (κ1) is 15.5. The Balaban J connectivity index is 2.01. The minimum Gasteiger partial charge on any atom is -0.324 e. The van der Waals surface area contributed by atoms with E-state index in [0.29, 0.717) is 11.3 Å². The van der Waals surface area contributed by atoms with E-state index >= 15 is 0 Å². The van der Waals surface area contributed by atoms with Crippen LogP contribution in [0, 0.1) is 11.3 Å². The summed E-state index contributed by atoms with van der Waals surface area (Å²) in [6, 6.07) is 9.00. The fourth-order valence-corrected chi connectivity index (χ4v) is 2.55. The molecule has 21 heavy (non-hydrogen) atoms. The molecule has 1 atom stereocenters. The van der Waals surface area contributed by atoms with Crippen LogP contribution in [0.25, 0.3) is 0 Å². The van der Waals surface area contributed by atoms with Crippen molar-refractivity contribution in [3.05, 3.63) is 29.8 Å². The van der Waals surface area contributed by atoms with Crippen LogP contribution in [0.2, 0.25) is 0 Å². The van der Waals surface area contributed by atoms with E-state index in [0.717, 1.165) is 32.6 Å². The van der Waals surface area contributed by atoms with Gasteiger partial charge in [-0.15, -0.1) is 0 Å². The molecule has 2 rings (SSSR count). The van der Waals surface area contributed by atoms with Gasteiger partial charge in [0.1, 0.15) is 6.07 Å². The van der Waals surface area contributed by atoms with Gasteiger partial charge in [-0.1, -0.05) is 12.1 Å². The number of nitrogens with one attached hydrogen (secondary N) is 1. The molecular weight excluding hydrogens is 264 g/mol. The van der Waals surface area contributed by atoms with Crippen LogP contribution >= 0.6 is 0 Å². The number of nitrogens with zero attached hydrogens (tertiary/aromatic N) is 3. The number of rotatable bonds is 3. The van der Waals surface area contributed by atoms with Crippen molar-refractivity contribution < 1.29 is 4.79 Å². The Kier molecular flexibility index (Phi) is 5.32. The second kappa shape index (κ2) is 7.21. The molecule has 0 unspecified atom stereocenters. The van der Waals surface area contributed by atoms with Crippen molar-refractivity contribution in [1.82, 2.24) is 9.80 Å². The second-order valence-electron chi connectivity index (χ2n) is 5.52. The smallest absolute Gasteiger partial charge is 0.241 e. The summed E-state index contributed by atoms with van der Waals surface area (Å²) in [4.78, 5) is 16.9. The topological polar surface area (TPSA) is 59.4 Å². The first-order valence-corrected chi connectivity index (χ1v) is 7.34. The summed E-state index contributed by atoms with van der Waals surface area (Å²) in [5.41, 5.74) is 1.08. The second-order valence-corrected chi connectivity index (χ2v) is 5.52. The fourth-order valence-electron chi connectivity index (χ4n) is 2.55. The lowest BCUT2D eigenvalue weighted by molar-refractivity contribution is -0.120. The molecule has 0 radical (unpaired) electrons. The number of amides is 1. The van der Waals surface area contributed by atoms with Crippen LogP contribution in [0.1, 0.15) is 18.9 Å². The molecule has 1 amide bonds. The summed E-state index contributed by atoms with van der Waals surface area (Å²) in [6.45, 7) is 5.80. The SMILES string of the molecule is C[C@H](C(=O)Nc1ccccc1C#N)N1CCCN(C)CC1. The summed E-state index contributed by atoms with van der Waals surface area (Å²) in [5, 5.41) is 11.9. The van der Waals surface area contributed by atoms with Gasteiger partial charge in [0.05, 0.1) is 17.3 Å². The number of para-hydroxylation sites is 1. The van der Waals surface area contributed by atoms with Crippen molar-refractivity contribution in [1.29, 1.82) is 5.26 Å². The summed E-state index contributed by atoms with van der Waals surface area (Å²) >= 11 is 0. The van der Waals surface area contributed by atoms with Gasteiger partial charge in [-0.25, -0.2) is 0 Å². The van der Waals surface area contributed by atoms with Gasteiger partial charge in [-0.2, -0.15) is 5.26 Å². The number of hydrogen-bond donors (Lipinski definition) is 1. The summed E-state index contributed by atoms with van der Waals surface area (Å²) in [6.07, 6.45) is 1.07. The minimum absolute atomic E-state index is 0.0535. The normalized spacial score (nSPS) is 18.5. The first-order valence-electron chi connectivity index (χ1n) is 7.34.